The van der Waals surface area contributed by atoms with Crippen LogP contribution >= 0.6 is 11.8 Å². The van der Waals surface area contributed by atoms with E-state index in [1.165, 1.54) is 41.4 Å². The van der Waals surface area contributed by atoms with E-state index in [4.69, 9.17) is 0 Å². The van der Waals surface area contributed by atoms with Gasteiger partial charge >= 0.3 is 0 Å². The van der Waals surface area contributed by atoms with Crippen LogP contribution in [-0.4, -0.2) is 26.3 Å². The average molecular weight is 367 g/mol. The highest BCUT2D eigenvalue weighted by atomic mass is 32.2. The number of fused-ring (bicyclic) bond motifs is 1. The average Bonchev–Trinajstić information content (AvgIpc) is 3.26. The quantitative estimate of drug-likeness (QED) is 0.503. The Labute approximate surface area is 155 Å². The van der Waals surface area contributed by atoms with Crippen LogP contribution in [0.2, 0.25) is 0 Å². The van der Waals surface area contributed by atoms with E-state index in [-0.39, 0.29) is 11.6 Å². The topological polar surface area (TPSA) is 47.8 Å². The van der Waals surface area contributed by atoms with Gasteiger partial charge in [-0.3, -0.25) is 4.79 Å². The van der Waals surface area contributed by atoms with Crippen LogP contribution in [0.5, 0.6) is 0 Å². The van der Waals surface area contributed by atoms with E-state index >= 15 is 0 Å². The number of hydrogen-bond donors (Lipinski definition) is 0. The van der Waals surface area contributed by atoms with E-state index < -0.39 is 0 Å². The summed E-state index contributed by atoms with van der Waals surface area (Å²) >= 11 is 1.37. The summed E-state index contributed by atoms with van der Waals surface area (Å²) in [5.41, 5.74) is 4.22. The molecule has 0 aliphatic heterocycles. The van der Waals surface area contributed by atoms with Crippen molar-refractivity contribution in [1.29, 1.82) is 0 Å². The lowest BCUT2D eigenvalue weighted by Gasteiger charge is -2.05. The van der Waals surface area contributed by atoms with Gasteiger partial charge in [0.1, 0.15) is 5.82 Å². The van der Waals surface area contributed by atoms with E-state index in [0.29, 0.717) is 16.7 Å². The molecular formula is C20H18FN3OS. The molecule has 1 aromatic heterocycles. The summed E-state index contributed by atoms with van der Waals surface area (Å²) in [6.45, 7) is 0. The molecule has 0 spiro atoms. The summed E-state index contributed by atoms with van der Waals surface area (Å²) in [6.07, 6.45) is 3.35. The van der Waals surface area contributed by atoms with E-state index in [2.05, 4.69) is 16.3 Å². The minimum Gasteiger partial charge on any atom is -0.305 e. The highest BCUT2D eigenvalue weighted by Crippen LogP contribution is 2.26. The first kappa shape index (κ1) is 17.0. The molecule has 0 bridgehead atoms. The molecule has 0 amide bonds. The SMILES string of the molecule is Cn1c(SCC(=O)c2ccc3c(c2)CCC3)nnc1-c1ccc(F)cc1. The first-order valence-corrected chi connectivity index (χ1v) is 9.53. The maximum Gasteiger partial charge on any atom is 0.191 e. The van der Waals surface area contributed by atoms with Crippen molar-refractivity contribution in [2.75, 3.05) is 5.75 Å². The minimum atomic E-state index is -0.287. The molecule has 0 N–H and O–H groups in total. The predicted octanol–water partition coefficient (Wildman–Crippen LogP) is 4.08. The number of hydrogen-bond acceptors (Lipinski definition) is 4. The molecule has 0 fully saturated rings. The van der Waals surface area contributed by atoms with Crippen molar-refractivity contribution in [3.8, 4) is 11.4 Å². The fraction of sp³-hybridized carbons (Fsp3) is 0.250. The maximum absolute atomic E-state index is 13.1. The second kappa shape index (κ2) is 7.03. The van der Waals surface area contributed by atoms with Gasteiger partial charge in [-0.2, -0.15) is 0 Å². The second-order valence-corrected chi connectivity index (χ2v) is 7.36. The molecule has 26 heavy (non-hydrogen) atoms. The van der Waals surface area contributed by atoms with Crippen molar-refractivity contribution >= 4 is 17.5 Å². The Hall–Kier alpha value is -2.47. The lowest BCUT2D eigenvalue weighted by atomic mass is 10.0. The normalized spacial score (nSPS) is 13.0. The number of carbonyl (C=O) groups is 1. The monoisotopic (exact) mass is 367 g/mol. The van der Waals surface area contributed by atoms with Gasteiger partial charge in [0.25, 0.3) is 0 Å². The number of halogens is 1. The molecule has 132 valence electrons. The molecule has 1 heterocycles. The van der Waals surface area contributed by atoms with Crippen molar-refractivity contribution in [1.82, 2.24) is 14.8 Å². The zero-order valence-corrected chi connectivity index (χ0v) is 15.2. The number of aryl methyl sites for hydroxylation is 2. The number of aromatic nitrogens is 3. The van der Waals surface area contributed by atoms with Crippen LogP contribution in [0.4, 0.5) is 4.39 Å². The van der Waals surface area contributed by atoms with E-state index in [1.54, 1.807) is 12.1 Å². The summed E-state index contributed by atoms with van der Waals surface area (Å²) in [5, 5.41) is 9.01. The zero-order chi connectivity index (χ0) is 18.1. The highest BCUT2D eigenvalue weighted by molar-refractivity contribution is 7.99. The summed E-state index contributed by atoms with van der Waals surface area (Å²) in [4.78, 5) is 12.5. The van der Waals surface area contributed by atoms with Crippen LogP contribution in [0.25, 0.3) is 11.4 Å². The third-order valence-corrected chi connectivity index (χ3v) is 5.71. The van der Waals surface area contributed by atoms with Crippen molar-refractivity contribution in [2.45, 2.75) is 24.4 Å². The molecule has 0 radical (unpaired) electrons. The fourth-order valence-electron chi connectivity index (χ4n) is 3.25. The summed E-state index contributed by atoms with van der Waals surface area (Å²) in [6, 6.07) is 12.2. The predicted molar refractivity (Wildman–Crippen MR) is 99.9 cm³/mol. The number of carbonyl (C=O) groups excluding carboxylic acids is 1. The number of thioether (sulfide) groups is 1. The molecule has 0 unspecified atom stereocenters. The number of Topliss-reactive ketones (excluding diaryl/α,β-unsaturated/α-hetero) is 1. The first-order valence-electron chi connectivity index (χ1n) is 8.55. The Morgan fingerprint density at radius 3 is 2.69 bits per heavy atom. The van der Waals surface area contributed by atoms with Gasteiger partial charge in [-0.05, 0) is 60.7 Å². The molecule has 2 aromatic carbocycles. The van der Waals surface area contributed by atoms with E-state index in [9.17, 15) is 9.18 Å². The van der Waals surface area contributed by atoms with Crippen LogP contribution in [0, 0.1) is 5.82 Å². The fourth-order valence-corrected chi connectivity index (χ4v) is 4.06. The van der Waals surface area contributed by atoms with Crippen molar-refractivity contribution in [3.05, 3.63) is 65.0 Å². The molecule has 3 aromatic rings. The molecule has 1 aliphatic carbocycles. The lowest BCUT2D eigenvalue weighted by Crippen LogP contribution is -2.05. The number of rotatable bonds is 5. The van der Waals surface area contributed by atoms with Gasteiger partial charge < -0.3 is 4.57 Å². The third kappa shape index (κ3) is 3.29. The molecule has 4 nitrogen and oxygen atoms in total. The largest absolute Gasteiger partial charge is 0.305 e. The van der Waals surface area contributed by atoms with Gasteiger partial charge in [-0.15, -0.1) is 10.2 Å². The Morgan fingerprint density at radius 2 is 1.88 bits per heavy atom. The molecule has 6 heteroatoms. The minimum absolute atomic E-state index is 0.0935. The van der Waals surface area contributed by atoms with Gasteiger partial charge in [0.2, 0.25) is 0 Å². The Morgan fingerprint density at radius 1 is 1.12 bits per heavy atom. The Balaban J connectivity index is 1.46. The molecule has 0 atom stereocenters. The van der Waals surface area contributed by atoms with Crippen LogP contribution in [0.1, 0.15) is 27.9 Å². The molecule has 1 aliphatic rings. The van der Waals surface area contributed by atoms with Crippen molar-refractivity contribution < 1.29 is 9.18 Å². The van der Waals surface area contributed by atoms with Gasteiger partial charge in [0.15, 0.2) is 16.8 Å². The molecular weight excluding hydrogens is 349 g/mol. The van der Waals surface area contributed by atoms with E-state index in [0.717, 1.165) is 24.0 Å². The van der Waals surface area contributed by atoms with Crippen LogP contribution in [-0.2, 0) is 19.9 Å². The van der Waals surface area contributed by atoms with Crippen LogP contribution in [0.15, 0.2) is 47.6 Å². The number of benzene rings is 2. The highest BCUT2D eigenvalue weighted by Gasteiger charge is 2.16. The third-order valence-electron chi connectivity index (χ3n) is 4.69. The number of ketones is 1. The first-order chi connectivity index (χ1) is 12.6. The van der Waals surface area contributed by atoms with Crippen LogP contribution in [0.3, 0.4) is 0 Å². The Kier molecular flexibility index (Phi) is 4.59. The summed E-state index contributed by atoms with van der Waals surface area (Å²) in [7, 11) is 1.85. The molecule has 4 rings (SSSR count). The van der Waals surface area contributed by atoms with Crippen molar-refractivity contribution in [2.24, 2.45) is 7.05 Å². The maximum atomic E-state index is 13.1. The van der Waals surface area contributed by atoms with Gasteiger partial charge in [-0.1, -0.05) is 23.9 Å². The second-order valence-electron chi connectivity index (χ2n) is 6.42. The van der Waals surface area contributed by atoms with Gasteiger partial charge in [0, 0.05) is 18.2 Å². The summed E-state index contributed by atoms with van der Waals surface area (Å²) in [5.74, 6) is 0.771. The Bertz CT molecular complexity index is 966. The molecule has 0 saturated carbocycles. The standard InChI is InChI=1S/C20H18FN3OS/c1-24-19(14-7-9-17(21)10-8-14)22-23-20(24)26-12-18(25)16-6-5-13-3-2-4-15(13)11-16/h5-11H,2-4,12H2,1H3. The van der Waals surface area contributed by atoms with Gasteiger partial charge in [0.05, 0.1) is 5.75 Å². The van der Waals surface area contributed by atoms with E-state index in [1.807, 2.05) is 23.7 Å². The van der Waals surface area contributed by atoms with Crippen molar-refractivity contribution in [3.63, 3.8) is 0 Å². The number of nitrogens with zero attached hydrogens (tertiary/aromatic N) is 3. The smallest absolute Gasteiger partial charge is 0.191 e. The summed E-state index contributed by atoms with van der Waals surface area (Å²) < 4.78 is 14.9. The van der Waals surface area contributed by atoms with Crippen LogP contribution < -0.4 is 0 Å². The molecule has 0 saturated heterocycles. The van der Waals surface area contributed by atoms with Gasteiger partial charge in [-0.25, -0.2) is 4.39 Å². The zero-order valence-electron chi connectivity index (χ0n) is 14.4. The lowest BCUT2D eigenvalue weighted by molar-refractivity contribution is 0.102.